The van der Waals surface area contributed by atoms with E-state index in [1.807, 2.05) is 23.7 Å². The van der Waals surface area contributed by atoms with Gasteiger partial charge in [0.2, 0.25) is 5.91 Å². The number of aromatic nitrogens is 3. The topological polar surface area (TPSA) is 98.5 Å². The van der Waals surface area contributed by atoms with Crippen molar-refractivity contribution in [2.45, 2.75) is 5.16 Å². The predicted molar refractivity (Wildman–Crippen MR) is 107 cm³/mol. The number of nitrogens with one attached hydrogen (secondary N) is 1. The molecule has 0 radical (unpaired) electrons. The lowest BCUT2D eigenvalue weighted by Gasteiger charge is -2.09. The smallest absolute Gasteiger partial charge is 0.234 e. The summed E-state index contributed by atoms with van der Waals surface area (Å²) in [5.41, 5.74) is 1.36. The molecule has 0 unspecified atom stereocenters. The molecule has 0 saturated heterocycles. The largest absolute Gasteiger partial charge is 0.508 e. The summed E-state index contributed by atoms with van der Waals surface area (Å²) in [5.74, 6) is 1.93. The number of hydrogen-bond acceptors (Lipinski definition) is 7. The lowest BCUT2D eigenvalue weighted by atomic mass is 10.2. The summed E-state index contributed by atoms with van der Waals surface area (Å²) in [6.07, 6.45) is 0. The van der Waals surface area contributed by atoms with Gasteiger partial charge in [0.15, 0.2) is 22.5 Å². The lowest BCUT2D eigenvalue weighted by molar-refractivity contribution is -0.113. The van der Waals surface area contributed by atoms with Gasteiger partial charge in [-0.15, -0.1) is 10.2 Å². The molecule has 0 spiro atoms. The standard InChI is InChI=1S/C19H20N4O4S/c1-23-18(12-7-8-15(26-2)16(9-12)27-3)21-22-19(23)28-11-17(25)20-13-5-4-6-14(24)10-13/h4-10,24H,11H2,1-3H3,(H,20,25). The molecule has 2 aromatic carbocycles. The minimum Gasteiger partial charge on any atom is -0.508 e. The average Bonchev–Trinajstić information content (AvgIpc) is 3.06. The molecule has 28 heavy (non-hydrogen) atoms. The SMILES string of the molecule is COc1ccc(-c2nnc(SCC(=O)Nc3cccc(O)c3)n2C)cc1OC. The Morgan fingerprint density at radius 1 is 1.14 bits per heavy atom. The Hall–Kier alpha value is -3.20. The van der Waals surface area contributed by atoms with E-state index >= 15 is 0 Å². The van der Waals surface area contributed by atoms with Crippen molar-refractivity contribution in [2.24, 2.45) is 7.05 Å². The molecular formula is C19H20N4O4S. The number of methoxy groups -OCH3 is 2. The molecule has 0 saturated carbocycles. The highest BCUT2D eigenvalue weighted by molar-refractivity contribution is 7.99. The van der Waals surface area contributed by atoms with Crippen LogP contribution >= 0.6 is 11.8 Å². The van der Waals surface area contributed by atoms with Gasteiger partial charge in [-0.3, -0.25) is 4.79 Å². The summed E-state index contributed by atoms with van der Waals surface area (Å²) in [6, 6.07) is 11.9. The van der Waals surface area contributed by atoms with Gasteiger partial charge in [-0.25, -0.2) is 0 Å². The Morgan fingerprint density at radius 2 is 1.93 bits per heavy atom. The van der Waals surface area contributed by atoms with Crippen LogP contribution in [0.1, 0.15) is 0 Å². The fraction of sp³-hybridized carbons (Fsp3) is 0.211. The number of nitrogens with zero attached hydrogens (tertiary/aromatic N) is 3. The molecule has 0 atom stereocenters. The first-order chi connectivity index (χ1) is 13.5. The van der Waals surface area contributed by atoms with E-state index in [2.05, 4.69) is 15.5 Å². The van der Waals surface area contributed by atoms with Gasteiger partial charge < -0.3 is 24.5 Å². The molecule has 1 amide bonds. The summed E-state index contributed by atoms with van der Waals surface area (Å²) in [4.78, 5) is 12.1. The highest BCUT2D eigenvalue weighted by Gasteiger charge is 2.15. The Kier molecular flexibility index (Phi) is 6.05. The molecule has 0 bridgehead atoms. The van der Waals surface area contributed by atoms with E-state index in [1.54, 1.807) is 38.5 Å². The second-order valence-electron chi connectivity index (χ2n) is 5.82. The zero-order valence-corrected chi connectivity index (χ0v) is 16.5. The molecule has 0 aliphatic heterocycles. The Balaban J connectivity index is 1.69. The minimum atomic E-state index is -0.203. The van der Waals surface area contributed by atoms with Crippen LogP contribution in [-0.4, -0.2) is 45.8 Å². The Labute approximate surface area is 166 Å². The highest BCUT2D eigenvalue weighted by Crippen LogP contribution is 2.32. The zero-order chi connectivity index (χ0) is 20.1. The van der Waals surface area contributed by atoms with Crippen LogP contribution in [-0.2, 0) is 11.8 Å². The van der Waals surface area contributed by atoms with Crippen molar-refractivity contribution in [1.29, 1.82) is 0 Å². The number of carbonyl (C=O) groups is 1. The molecule has 0 fully saturated rings. The van der Waals surface area contributed by atoms with Crippen molar-refractivity contribution < 1.29 is 19.4 Å². The fourth-order valence-electron chi connectivity index (χ4n) is 2.58. The van der Waals surface area contributed by atoms with Gasteiger partial charge in [0.05, 0.1) is 20.0 Å². The van der Waals surface area contributed by atoms with E-state index in [0.29, 0.717) is 28.2 Å². The highest BCUT2D eigenvalue weighted by atomic mass is 32.2. The average molecular weight is 400 g/mol. The van der Waals surface area contributed by atoms with Crippen LogP contribution in [0.3, 0.4) is 0 Å². The van der Waals surface area contributed by atoms with Crippen LogP contribution in [0.25, 0.3) is 11.4 Å². The van der Waals surface area contributed by atoms with E-state index in [0.717, 1.165) is 5.56 Å². The molecule has 146 valence electrons. The van der Waals surface area contributed by atoms with Gasteiger partial charge in [0, 0.05) is 24.4 Å². The van der Waals surface area contributed by atoms with Crippen molar-refractivity contribution in [3.63, 3.8) is 0 Å². The van der Waals surface area contributed by atoms with Gasteiger partial charge in [0.25, 0.3) is 0 Å². The van der Waals surface area contributed by atoms with Crippen LogP contribution in [0.15, 0.2) is 47.6 Å². The third-order valence-electron chi connectivity index (χ3n) is 3.94. The Morgan fingerprint density at radius 3 is 2.64 bits per heavy atom. The van der Waals surface area contributed by atoms with Crippen molar-refractivity contribution in [3.8, 4) is 28.6 Å². The Bertz CT molecular complexity index is 990. The first kappa shape index (κ1) is 19.6. The number of ether oxygens (including phenoxy) is 2. The molecule has 1 aromatic heterocycles. The third kappa shape index (κ3) is 4.37. The summed E-state index contributed by atoms with van der Waals surface area (Å²) in [6.45, 7) is 0. The molecule has 0 aliphatic carbocycles. The molecule has 9 heteroatoms. The second-order valence-corrected chi connectivity index (χ2v) is 6.76. The van der Waals surface area contributed by atoms with Gasteiger partial charge in [0.1, 0.15) is 5.75 Å². The molecular weight excluding hydrogens is 380 g/mol. The monoisotopic (exact) mass is 400 g/mol. The fourth-order valence-corrected chi connectivity index (χ4v) is 3.29. The van der Waals surface area contributed by atoms with Crippen molar-refractivity contribution in [1.82, 2.24) is 14.8 Å². The third-order valence-corrected chi connectivity index (χ3v) is 4.96. The number of phenolic OH excluding ortho intramolecular Hbond substituents is 1. The van der Waals surface area contributed by atoms with Gasteiger partial charge in [-0.05, 0) is 30.3 Å². The van der Waals surface area contributed by atoms with Crippen LogP contribution in [0.2, 0.25) is 0 Å². The number of anilines is 1. The maximum Gasteiger partial charge on any atom is 0.234 e. The first-order valence-corrected chi connectivity index (χ1v) is 9.34. The van der Waals surface area contributed by atoms with Crippen LogP contribution in [0, 0.1) is 0 Å². The molecule has 2 N–H and O–H groups in total. The van der Waals surface area contributed by atoms with Crippen molar-refractivity contribution >= 4 is 23.4 Å². The van der Waals surface area contributed by atoms with E-state index in [9.17, 15) is 9.90 Å². The second kappa shape index (κ2) is 8.66. The molecule has 1 heterocycles. The zero-order valence-electron chi connectivity index (χ0n) is 15.7. The van der Waals surface area contributed by atoms with Crippen LogP contribution < -0.4 is 14.8 Å². The summed E-state index contributed by atoms with van der Waals surface area (Å²) in [5, 5.41) is 21.2. The van der Waals surface area contributed by atoms with E-state index in [1.165, 1.54) is 17.8 Å². The van der Waals surface area contributed by atoms with Crippen LogP contribution in [0.4, 0.5) is 5.69 Å². The molecule has 3 aromatic rings. The molecule has 3 rings (SSSR count). The number of amides is 1. The van der Waals surface area contributed by atoms with Crippen molar-refractivity contribution in [2.75, 3.05) is 25.3 Å². The quantitative estimate of drug-likeness (QED) is 0.588. The summed E-state index contributed by atoms with van der Waals surface area (Å²) >= 11 is 1.27. The van der Waals surface area contributed by atoms with Crippen molar-refractivity contribution in [3.05, 3.63) is 42.5 Å². The van der Waals surface area contributed by atoms with Gasteiger partial charge in [-0.2, -0.15) is 0 Å². The van der Waals surface area contributed by atoms with Gasteiger partial charge >= 0.3 is 0 Å². The van der Waals surface area contributed by atoms with Gasteiger partial charge in [-0.1, -0.05) is 17.8 Å². The number of hydrogen-bond donors (Lipinski definition) is 2. The number of rotatable bonds is 7. The van der Waals surface area contributed by atoms with E-state index in [-0.39, 0.29) is 17.4 Å². The van der Waals surface area contributed by atoms with Crippen LogP contribution in [0.5, 0.6) is 17.2 Å². The number of thioether (sulfide) groups is 1. The normalized spacial score (nSPS) is 10.5. The molecule has 8 nitrogen and oxygen atoms in total. The maximum atomic E-state index is 12.1. The molecule has 0 aliphatic rings. The number of aromatic hydroxyl groups is 1. The summed E-state index contributed by atoms with van der Waals surface area (Å²) in [7, 11) is 4.99. The number of phenols is 1. The number of benzene rings is 2. The van der Waals surface area contributed by atoms with E-state index < -0.39 is 0 Å². The van der Waals surface area contributed by atoms with E-state index in [4.69, 9.17) is 9.47 Å². The number of carbonyl (C=O) groups excluding carboxylic acids is 1. The lowest BCUT2D eigenvalue weighted by Crippen LogP contribution is -2.14. The first-order valence-electron chi connectivity index (χ1n) is 8.35. The summed E-state index contributed by atoms with van der Waals surface area (Å²) < 4.78 is 12.4. The minimum absolute atomic E-state index is 0.0957. The maximum absolute atomic E-state index is 12.1. The predicted octanol–water partition coefficient (Wildman–Crippen LogP) is 2.94.